The lowest BCUT2D eigenvalue weighted by Crippen LogP contribution is -2.04. The number of hydrogen-bond acceptors (Lipinski definition) is 4. The number of aliphatic hydroxyl groups excluding tert-OH is 1. The van der Waals surface area contributed by atoms with Gasteiger partial charge in [0.05, 0.1) is 11.3 Å². The van der Waals surface area contributed by atoms with Crippen LogP contribution >= 0.6 is 11.6 Å². The minimum absolute atomic E-state index is 0.583. The van der Waals surface area contributed by atoms with Gasteiger partial charge in [-0.05, 0) is 43.2 Å². The van der Waals surface area contributed by atoms with Crippen LogP contribution in [0.15, 0.2) is 53.3 Å². The van der Waals surface area contributed by atoms with Crippen LogP contribution in [-0.4, -0.2) is 15.2 Å². The Morgan fingerprint density at radius 2 is 1.96 bits per heavy atom. The van der Waals surface area contributed by atoms with E-state index in [0.29, 0.717) is 16.3 Å². The Morgan fingerprint density at radius 3 is 2.64 bits per heavy atom. The number of hydrogen-bond donors (Lipinski definition) is 1. The van der Waals surface area contributed by atoms with E-state index in [-0.39, 0.29) is 0 Å². The molecule has 0 aliphatic heterocycles. The van der Waals surface area contributed by atoms with Crippen molar-refractivity contribution in [3.05, 3.63) is 70.6 Å². The molecule has 5 heteroatoms. The predicted molar refractivity (Wildman–Crippen MR) is 98.5 cm³/mol. The summed E-state index contributed by atoms with van der Waals surface area (Å²) in [7, 11) is 0. The molecule has 1 N–H and O–H groups in total. The molecule has 2 aromatic heterocycles. The number of pyridine rings is 1. The van der Waals surface area contributed by atoms with E-state index in [4.69, 9.17) is 16.1 Å². The average Bonchev–Trinajstić information content (AvgIpc) is 3.06. The van der Waals surface area contributed by atoms with Crippen LogP contribution in [-0.2, 0) is 6.42 Å². The largest absolute Gasteiger partial charge is 0.383 e. The first-order valence-electron chi connectivity index (χ1n) is 8.53. The molecule has 0 saturated carbocycles. The summed E-state index contributed by atoms with van der Waals surface area (Å²) in [5.74, 6) is 0.583. The summed E-state index contributed by atoms with van der Waals surface area (Å²) >= 11 is 5.98. The van der Waals surface area contributed by atoms with Crippen molar-refractivity contribution < 1.29 is 9.63 Å². The molecule has 2 heterocycles. The molecule has 3 rings (SSSR count). The molecule has 4 nitrogen and oxygen atoms in total. The first kappa shape index (κ1) is 17.6. The van der Waals surface area contributed by atoms with Crippen LogP contribution in [0, 0.1) is 0 Å². The molecule has 0 saturated heterocycles. The van der Waals surface area contributed by atoms with Crippen LogP contribution in [0.5, 0.6) is 0 Å². The van der Waals surface area contributed by atoms with Crippen molar-refractivity contribution in [3.63, 3.8) is 0 Å². The van der Waals surface area contributed by atoms with E-state index in [9.17, 15) is 5.11 Å². The molecular formula is C20H21ClN2O2. The molecule has 130 valence electrons. The average molecular weight is 357 g/mol. The van der Waals surface area contributed by atoms with Gasteiger partial charge in [0.15, 0.2) is 5.76 Å². The van der Waals surface area contributed by atoms with E-state index in [0.717, 1.165) is 42.5 Å². The van der Waals surface area contributed by atoms with Crippen molar-refractivity contribution in [1.29, 1.82) is 0 Å². The van der Waals surface area contributed by atoms with Gasteiger partial charge in [-0.15, -0.1) is 0 Å². The van der Waals surface area contributed by atoms with Crippen molar-refractivity contribution in [3.8, 4) is 11.3 Å². The summed E-state index contributed by atoms with van der Waals surface area (Å²) in [5.41, 5.74) is 3.08. The maximum atomic E-state index is 10.9. The first-order chi connectivity index (χ1) is 12.2. The van der Waals surface area contributed by atoms with Gasteiger partial charge in [0.25, 0.3) is 0 Å². The zero-order valence-corrected chi connectivity index (χ0v) is 14.9. The molecule has 0 aliphatic carbocycles. The molecule has 1 unspecified atom stereocenters. The van der Waals surface area contributed by atoms with E-state index < -0.39 is 6.10 Å². The maximum absolute atomic E-state index is 10.9. The highest BCUT2D eigenvalue weighted by molar-refractivity contribution is 6.30. The molecule has 1 atom stereocenters. The fourth-order valence-electron chi connectivity index (χ4n) is 2.85. The second-order valence-corrected chi connectivity index (χ2v) is 6.46. The Hall–Kier alpha value is -2.17. The summed E-state index contributed by atoms with van der Waals surface area (Å²) in [4.78, 5) is 4.11. The Balaban J connectivity index is 2.01. The minimum atomic E-state index is -0.831. The molecule has 0 amide bonds. The van der Waals surface area contributed by atoms with Crippen molar-refractivity contribution in [1.82, 2.24) is 10.1 Å². The SMILES string of the molecule is CCCCCc1noc(-c2ccc(Cl)cc2)c1C(O)c1cccnc1. The number of aryl methyl sites for hydroxylation is 1. The Bertz CT molecular complexity index is 800. The quantitative estimate of drug-likeness (QED) is 0.591. The predicted octanol–water partition coefficient (Wildman–Crippen LogP) is 5.20. The summed E-state index contributed by atoms with van der Waals surface area (Å²) in [6, 6.07) is 11.0. The zero-order chi connectivity index (χ0) is 17.6. The number of nitrogens with zero attached hydrogens (tertiary/aromatic N) is 2. The van der Waals surface area contributed by atoms with Gasteiger partial charge in [-0.3, -0.25) is 4.98 Å². The second-order valence-electron chi connectivity index (χ2n) is 6.02. The van der Waals surface area contributed by atoms with E-state index in [1.165, 1.54) is 0 Å². The Labute approximate surface area is 152 Å². The number of aliphatic hydroxyl groups is 1. The summed E-state index contributed by atoms with van der Waals surface area (Å²) in [6.07, 6.45) is 6.55. The highest BCUT2D eigenvalue weighted by atomic mass is 35.5. The fraction of sp³-hybridized carbons (Fsp3) is 0.300. The standard InChI is InChI=1S/C20H21ClN2O2/c1-2-3-4-7-17-18(19(24)15-6-5-12-22-13-15)20(25-23-17)14-8-10-16(21)11-9-14/h5-6,8-13,19,24H,2-4,7H2,1H3. The van der Waals surface area contributed by atoms with Gasteiger partial charge in [0.2, 0.25) is 0 Å². The smallest absolute Gasteiger partial charge is 0.173 e. The van der Waals surface area contributed by atoms with Gasteiger partial charge in [0.1, 0.15) is 6.10 Å². The van der Waals surface area contributed by atoms with Crippen LogP contribution in [0.25, 0.3) is 11.3 Å². The highest BCUT2D eigenvalue weighted by Gasteiger charge is 2.25. The van der Waals surface area contributed by atoms with Gasteiger partial charge in [0, 0.05) is 28.5 Å². The third-order valence-corrected chi connectivity index (χ3v) is 4.45. The Kier molecular flexibility index (Phi) is 5.84. The van der Waals surface area contributed by atoms with Gasteiger partial charge < -0.3 is 9.63 Å². The van der Waals surface area contributed by atoms with Gasteiger partial charge in [-0.1, -0.05) is 42.6 Å². The van der Waals surface area contributed by atoms with Crippen molar-refractivity contribution in [2.75, 3.05) is 0 Å². The number of rotatable bonds is 7. The molecule has 25 heavy (non-hydrogen) atoms. The number of benzene rings is 1. The van der Waals surface area contributed by atoms with Gasteiger partial charge in [-0.2, -0.15) is 0 Å². The van der Waals surface area contributed by atoms with Crippen LogP contribution < -0.4 is 0 Å². The van der Waals surface area contributed by atoms with Crippen LogP contribution in [0.2, 0.25) is 5.02 Å². The number of unbranched alkanes of at least 4 members (excludes halogenated alkanes) is 2. The third-order valence-electron chi connectivity index (χ3n) is 4.20. The van der Waals surface area contributed by atoms with E-state index in [1.807, 2.05) is 24.3 Å². The van der Waals surface area contributed by atoms with Gasteiger partial charge >= 0.3 is 0 Å². The van der Waals surface area contributed by atoms with Crippen LogP contribution in [0.1, 0.15) is 49.1 Å². The fourth-order valence-corrected chi connectivity index (χ4v) is 2.97. The topological polar surface area (TPSA) is 59.2 Å². The van der Waals surface area contributed by atoms with Crippen LogP contribution in [0.4, 0.5) is 0 Å². The summed E-state index contributed by atoms with van der Waals surface area (Å²) in [5, 5.41) is 15.8. The van der Waals surface area contributed by atoms with E-state index in [1.54, 1.807) is 24.5 Å². The lowest BCUT2D eigenvalue weighted by molar-refractivity contribution is 0.218. The third kappa shape index (κ3) is 4.09. The van der Waals surface area contributed by atoms with Crippen molar-refractivity contribution in [2.45, 2.75) is 38.7 Å². The normalized spacial score (nSPS) is 12.3. The molecular weight excluding hydrogens is 336 g/mol. The Morgan fingerprint density at radius 1 is 1.16 bits per heavy atom. The second kappa shape index (κ2) is 8.28. The lowest BCUT2D eigenvalue weighted by Gasteiger charge is -2.12. The number of halogens is 1. The van der Waals surface area contributed by atoms with Crippen molar-refractivity contribution in [2.24, 2.45) is 0 Å². The molecule has 0 fully saturated rings. The van der Waals surface area contributed by atoms with Crippen molar-refractivity contribution >= 4 is 11.6 Å². The first-order valence-corrected chi connectivity index (χ1v) is 8.91. The van der Waals surface area contributed by atoms with E-state index >= 15 is 0 Å². The van der Waals surface area contributed by atoms with Gasteiger partial charge in [-0.25, -0.2) is 0 Å². The summed E-state index contributed by atoms with van der Waals surface area (Å²) in [6.45, 7) is 2.16. The molecule has 0 aliphatic rings. The monoisotopic (exact) mass is 356 g/mol. The molecule has 1 aromatic carbocycles. The maximum Gasteiger partial charge on any atom is 0.173 e. The number of aromatic nitrogens is 2. The lowest BCUT2D eigenvalue weighted by atomic mass is 9.95. The summed E-state index contributed by atoms with van der Waals surface area (Å²) < 4.78 is 5.62. The molecule has 0 radical (unpaired) electrons. The molecule has 0 spiro atoms. The van der Waals surface area contributed by atoms with E-state index in [2.05, 4.69) is 17.1 Å². The minimum Gasteiger partial charge on any atom is -0.383 e. The van der Waals surface area contributed by atoms with Crippen LogP contribution in [0.3, 0.4) is 0 Å². The zero-order valence-electron chi connectivity index (χ0n) is 14.2. The highest BCUT2D eigenvalue weighted by Crippen LogP contribution is 2.35. The molecule has 0 bridgehead atoms. The molecule has 3 aromatic rings.